The second-order valence-electron chi connectivity index (χ2n) is 10.9. The summed E-state index contributed by atoms with van der Waals surface area (Å²) in [7, 11) is 0. The van der Waals surface area contributed by atoms with E-state index >= 15 is 0 Å². The fourth-order valence-electron chi connectivity index (χ4n) is 8.39. The molecule has 5 N–H and O–H groups in total. The molecule has 11 atom stereocenters. The second kappa shape index (κ2) is 4.50. The van der Waals surface area contributed by atoms with E-state index in [0.717, 1.165) is 6.42 Å². The highest BCUT2D eigenvalue weighted by molar-refractivity contribution is 5.32. The zero-order valence-electron chi connectivity index (χ0n) is 16.0. The van der Waals surface area contributed by atoms with Gasteiger partial charge in [0.05, 0.1) is 35.6 Å². The van der Waals surface area contributed by atoms with E-state index in [0.29, 0.717) is 12.8 Å². The summed E-state index contributed by atoms with van der Waals surface area (Å²) in [5.41, 5.74) is -4.79. The molecule has 5 fully saturated rings. The van der Waals surface area contributed by atoms with Gasteiger partial charge in [-0.25, -0.2) is 0 Å². The van der Waals surface area contributed by atoms with Crippen LogP contribution in [0.5, 0.6) is 0 Å². The number of hydrogen-bond acceptors (Lipinski definition) is 6. The van der Waals surface area contributed by atoms with Crippen molar-refractivity contribution in [2.24, 2.45) is 28.6 Å². The van der Waals surface area contributed by atoms with Gasteiger partial charge >= 0.3 is 0 Å². The molecule has 5 rings (SSSR count). The van der Waals surface area contributed by atoms with Crippen LogP contribution in [0, 0.1) is 28.6 Å². The van der Waals surface area contributed by atoms with Crippen molar-refractivity contribution < 1.29 is 30.3 Å². The van der Waals surface area contributed by atoms with Crippen LogP contribution < -0.4 is 0 Å². The molecular formula is C20H32O6. The molecule has 0 radical (unpaired) electrons. The standard InChI is InChI=1S/C20H32O6/c1-16(2)15(23)12-13-18(4,26-12)10-6-5-9-14(22)19(10,8-17(9,3)24)7-11(21)20(13,16)25/h9-15,21-25H,5-8H2,1-4H3/t9?,10?,11-,12-,13+,14-,15+,17-,18-,19?,20-/m1/s1. The fourth-order valence-corrected chi connectivity index (χ4v) is 8.39. The van der Waals surface area contributed by atoms with Gasteiger partial charge < -0.3 is 30.3 Å². The van der Waals surface area contributed by atoms with E-state index in [1.54, 1.807) is 20.8 Å². The molecule has 4 aliphatic carbocycles. The first-order valence-electron chi connectivity index (χ1n) is 10.0. The van der Waals surface area contributed by atoms with Gasteiger partial charge in [0.25, 0.3) is 0 Å². The Bertz CT molecular complexity index is 663. The highest BCUT2D eigenvalue weighted by Gasteiger charge is 2.83. The number of hydrogen-bond donors (Lipinski definition) is 5. The number of aliphatic hydroxyl groups is 5. The number of fused-ring (bicyclic) bond motifs is 2. The molecule has 0 aromatic heterocycles. The average Bonchev–Trinajstić information content (AvgIpc) is 2.68. The lowest BCUT2D eigenvalue weighted by molar-refractivity contribution is -0.324. The van der Waals surface area contributed by atoms with Crippen molar-refractivity contribution >= 4 is 0 Å². The minimum absolute atomic E-state index is 0.0683. The van der Waals surface area contributed by atoms with Gasteiger partial charge in [-0.15, -0.1) is 0 Å². The molecule has 4 saturated carbocycles. The molecule has 148 valence electrons. The van der Waals surface area contributed by atoms with Gasteiger partial charge in [-0.3, -0.25) is 0 Å². The maximum atomic E-state index is 11.8. The Morgan fingerprint density at radius 2 is 1.58 bits per heavy atom. The third-order valence-corrected chi connectivity index (χ3v) is 9.58. The van der Waals surface area contributed by atoms with Crippen molar-refractivity contribution in [3.05, 3.63) is 0 Å². The summed E-state index contributed by atoms with van der Waals surface area (Å²) in [6.07, 6.45) is -1.03. The molecule has 2 bridgehead atoms. The third kappa shape index (κ3) is 1.53. The van der Waals surface area contributed by atoms with Crippen molar-refractivity contribution in [3.8, 4) is 0 Å². The molecule has 26 heavy (non-hydrogen) atoms. The maximum Gasteiger partial charge on any atom is 0.106 e. The van der Waals surface area contributed by atoms with Gasteiger partial charge in [0.1, 0.15) is 5.60 Å². The van der Waals surface area contributed by atoms with E-state index in [-0.39, 0.29) is 24.2 Å². The molecule has 6 heteroatoms. The van der Waals surface area contributed by atoms with Crippen LogP contribution in [0.2, 0.25) is 0 Å². The minimum Gasteiger partial charge on any atom is -0.392 e. The normalized spacial score (nSPS) is 68.0. The van der Waals surface area contributed by atoms with Crippen LogP contribution in [0.4, 0.5) is 0 Å². The zero-order chi connectivity index (χ0) is 19.1. The highest BCUT2D eigenvalue weighted by atomic mass is 16.6. The number of aliphatic hydroxyl groups excluding tert-OH is 3. The van der Waals surface area contributed by atoms with E-state index in [1.807, 2.05) is 6.92 Å². The van der Waals surface area contributed by atoms with Crippen molar-refractivity contribution in [3.63, 3.8) is 0 Å². The molecule has 1 aliphatic heterocycles. The average molecular weight is 368 g/mol. The van der Waals surface area contributed by atoms with Crippen LogP contribution in [0.15, 0.2) is 0 Å². The Balaban J connectivity index is 1.69. The van der Waals surface area contributed by atoms with Crippen LogP contribution in [-0.4, -0.2) is 66.8 Å². The van der Waals surface area contributed by atoms with Crippen LogP contribution >= 0.6 is 0 Å². The molecule has 1 saturated heterocycles. The lowest BCUT2D eigenvalue weighted by Crippen LogP contribution is -2.70. The molecule has 3 unspecified atom stereocenters. The van der Waals surface area contributed by atoms with Gasteiger partial charge in [-0.05, 0) is 45.4 Å². The summed E-state index contributed by atoms with van der Waals surface area (Å²) < 4.78 is 6.28. The summed E-state index contributed by atoms with van der Waals surface area (Å²) in [5.74, 6) is -0.661. The summed E-state index contributed by atoms with van der Waals surface area (Å²) in [4.78, 5) is 0. The van der Waals surface area contributed by atoms with Gasteiger partial charge in [-0.2, -0.15) is 0 Å². The summed E-state index contributed by atoms with van der Waals surface area (Å²) in [6.45, 7) is 7.34. The Hall–Kier alpha value is -0.240. The Morgan fingerprint density at radius 1 is 0.923 bits per heavy atom. The summed E-state index contributed by atoms with van der Waals surface area (Å²) >= 11 is 0. The summed E-state index contributed by atoms with van der Waals surface area (Å²) in [5, 5.41) is 55.9. The van der Waals surface area contributed by atoms with Crippen LogP contribution in [0.3, 0.4) is 0 Å². The number of rotatable bonds is 0. The molecule has 5 aliphatic rings. The molecule has 1 spiro atoms. The van der Waals surface area contributed by atoms with Gasteiger partial charge in [0.15, 0.2) is 0 Å². The molecular weight excluding hydrogens is 336 g/mol. The molecule has 0 aromatic carbocycles. The molecule has 6 nitrogen and oxygen atoms in total. The Morgan fingerprint density at radius 3 is 2.23 bits per heavy atom. The number of ether oxygens (including phenoxy) is 1. The van der Waals surface area contributed by atoms with E-state index in [4.69, 9.17) is 4.74 Å². The van der Waals surface area contributed by atoms with E-state index in [2.05, 4.69) is 0 Å². The largest absolute Gasteiger partial charge is 0.392 e. The lowest BCUT2D eigenvalue weighted by atomic mass is 9.55. The maximum absolute atomic E-state index is 11.8. The zero-order valence-corrected chi connectivity index (χ0v) is 16.0. The van der Waals surface area contributed by atoms with E-state index in [9.17, 15) is 25.5 Å². The highest BCUT2D eigenvalue weighted by Crippen LogP contribution is 2.74. The van der Waals surface area contributed by atoms with E-state index < -0.39 is 52.0 Å². The predicted molar refractivity (Wildman–Crippen MR) is 92.0 cm³/mol. The Kier molecular flexibility index (Phi) is 3.08. The van der Waals surface area contributed by atoms with Crippen LogP contribution in [0.1, 0.15) is 53.4 Å². The van der Waals surface area contributed by atoms with Crippen LogP contribution in [-0.2, 0) is 4.74 Å². The third-order valence-electron chi connectivity index (χ3n) is 9.58. The first-order valence-corrected chi connectivity index (χ1v) is 10.0. The van der Waals surface area contributed by atoms with Crippen molar-refractivity contribution in [1.82, 2.24) is 0 Å². The monoisotopic (exact) mass is 368 g/mol. The SMILES string of the molecule is CC1(C)[C@@H](O)[C@@H]2O[C@]3(C)C4CCC5[C@@H](O)C4(C[C@@H](O)[C@@]1(O)[C@@H]23)C[C@@]5(C)O. The quantitative estimate of drug-likeness (QED) is 0.417. The molecule has 0 amide bonds. The smallest absolute Gasteiger partial charge is 0.106 e. The second-order valence-corrected chi connectivity index (χ2v) is 10.9. The predicted octanol–water partition coefficient (Wildman–Crippen LogP) is 0.185. The fraction of sp³-hybridized carbons (Fsp3) is 1.00. The Labute approximate surface area is 154 Å². The first kappa shape index (κ1) is 17.8. The van der Waals surface area contributed by atoms with Gasteiger partial charge in [-0.1, -0.05) is 13.8 Å². The lowest BCUT2D eigenvalue weighted by Gasteiger charge is -2.61. The van der Waals surface area contributed by atoms with E-state index in [1.165, 1.54) is 0 Å². The molecule has 0 aromatic rings. The van der Waals surface area contributed by atoms with Crippen molar-refractivity contribution in [1.29, 1.82) is 0 Å². The topological polar surface area (TPSA) is 110 Å². The van der Waals surface area contributed by atoms with Crippen molar-refractivity contribution in [2.45, 2.75) is 94.6 Å². The van der Waals surface area contributed by atoms with Gasteiger partial charge in [0.2, 0.25) is 0 Å². The van der Waals surface area contributed by atoms with Crippen LogP contribution in [0.25, 0.3) is 0 Å². The van der Waals surface area contributed by atoms with Gasteiger partial charge in [0, 0.05) is 22.7 Å². The van der Waals surface area contributed by atoms with Crippen molar-refractivity contribution in [2.75, 3.05) is 0 Å². The first-order chi connectivity index (χ1) is 11.8. The minimum atomic E-state index is -1.49. The molecule has 1 heterocycles. The summed E-state index contributed by atoms with van der Waals surface area (Å²) in [6, 6.07) is 0.